The van der Waals surface area contributed by atoms with E-state index in [-0.39, 0.29) is 32.0 Å². The first kappa shape index (κ1) is 27.4. The fourth-order valence-electron chi connectivity index (χ4n) is 3.56. The Morgan fingerprint density at radius 3 is 2.35 bits per heavy atom. The number of anilines is 2. The van der Waals surface area contributed by atoms with Crippen molar-refractivity contribution in [2.24, 2.45) is 11.1 Å². The van der Waals surface area contributed by atoms with Crippen molar-refractivity contribution in [1.29, 1.82) is 0 Å². The minimum absolute atomic E-state index is 0.135. The van der Waals surface area contributed by atoms with E-state index >= 15 is 0 Å². The van der Waals surface area contributed by atoms with Crippen LogP contribution in [0.15, 0.2) is 18.2 Å². The number of benzene rings is 1. The Hall–Kier alpha value is -2.80. The van der Waals surface area contributed by atoms with Crippen molar-refractivity contribution in [1.82, 2.24) is 4.90 Å². The molecular weight excluding hydrogens is 467 g/mol. The molecular formula is C21H27F5N4O4. The summed E-state index contributed by atoms with van der Waals surface area (Å²) in [5.41, 5.74) is 3.55. The van der Waals surface area contributed by atoms with Crippen molar-refractivity contribution in [3.05, 3.63) is 23.8 Å². The van der Waals surface area contributed by atoms with E-state index in [0.717, 1.165) is 12.1 Å². The molecule has 190 valence electrons. The van der Waals surface area contributed by atoms with Crippen LogP contribution in [-0.2, 0) is 19.1 Å². The van der Waals surface area contributed by atoms with Crippen molar-refractivity contribution in [3.63, 3.8) is 0 Å². The lowest BCUT2D eigenvalue weighted by Crippen LogP contribution is -2.56. The lowest BCUT2D eigenvalue weighted by Gasteiger charge is -2.34. The number of ether oxygens (including phenoxy) is 1. The van der Waals surface area contributed by atoms with Gasteiger partial charge in [0, 0.05) is 30.0 Å². The molecule has 1 aliphatic rings. The summed E-state index contributed by atoms with van der Waals surface area (Å²) in [7, 11) is 0. The maximum Gasteiger partial charge on any atom is 0.401 e. The zero-order chi connectivity index (χ0) is 25.8. The molecule has 1 aromatic carbocycles. The first-order valence-electron chi connectivity index (χ1n) is 10.3. The van der Waals surface area contributed by atoms with Crippen LogP contribution in [0.1, 0.15) is 32.8 Å². The lowest BCUT2D eigenvalue weighted by atomic mass is 9.95. The van der Waals surface area contributed by atoms with Crippen molar-refractivity contribution in [2.75, 3.05) is 43.1 Å². The van der Waals surface area contributed by atoms with Crippen molar-refractivity contribution in [3.8, 4) is 0 Å². The number of rotatable bonds is 8. The standard InChI is InChI=1S/C21H27F5N4O4/c1-20(2,3)10-29(11-21(24,25)26)16(18(27)32)19(33)28-14-5-4-12(8-13(14)17(22)23)30-6-7-34-9-15(30)31/h4-5,8,16-17H,6-7,9-11H2,1-3H3,(H2,27,32)(H,28,33)/t16-/m0/s1. The molecule has 2 rings (SSSR count). The van der Waals surface area contributed by atoms with E-state index in [1.165, 1.54) is 11.0 Å². The zero-order valence-electron chi connectivity index (χ0n) is 18.9. The van der Waals surface area contributed by atoms with Gasteiger partial charge in [-0.2, -0.15) is 13.2 Å². The van der Waals surface area contributed by atoms with Gasteiger partial charge in [-0.15, -0.1) is 0 Å². The number of nitrogens with two attached hydrogens (primary N) is 1. The topological polar surface area (TPSA) is 105 Å². The van der Waals surface area contributed by atoms with Gasteiger partial charge in [0.15, 0.2) is 6.04 Å². The molecule has 3 N–H and O–H groups in total. The molecule has 1 fully saturated rings. The number of nitrogens with zero attached hydrogens (tertiary/aromatic N) is 2. The minimum atomic E-state index is -4.75. The predicted octanol–water partition coefficient (Wildman–Crippen LogP) is 2.69. The number of carbonyl (C=O) groups is 3. The van der Waals surface area contributed by atoms with Gasteiger partial charge in [0.05, 0.1) is 13.2 Å². The van der Waals surface area contributed by atoms with Gasteiger partial charge in [-0.05, 0) is 23.6 Å². The van der Waals surface area contributed by atoms with E-state index in [0.29, 0.717) is 4.90 Å². The molecule has 34 heavy (non-hydrogen) atoms. The SMILES string of the molecule is CC(C)(C)CN(CC(F)(F)F)[C@@H](C(N)=O)C(=O)Nc1ccc(N2CCOCC2=O)cc1C(F)F. The van der Waals surface area contributed by atoms with Gasteiger partial charge in [0.25, 0.3) is 18.2 Å². The summed E-state index contributed by atoms with van der Waals surface area (Å²) in [4.78, 5) is 38.7. The van der Waals surface area contributed by atoms with Crippen LogP contribution in [0.2, 0.25) is 0 Å². The lowest BCUT2D eigenvalue weighted by molar-refractivity contribution is -0.159. The van der Waals surface area contributed by atoms with E-state index in [4.69, 9.17) is 10.5 Å². The normalized spacial score (nSPS) is 16.2. The van der Waals surface area contributed by atoms with Crippen LogP contribution in [-0.4, -0.2) is 67.7 Å². The van der Waals surface area contributed by atoms with E-state index < -0.39 is 59.6 Å². The molecule has 1 aromatic rings. The van der Waals surface area contributed by atoms with E-state index in [9.17, 15) is 36.3 Å². The predicted molar refractivity (Wildman–Crippen MR) is 113 cm³/mol. The summed E-state index contributed by atoms with van der Waals surface area (Å²) < 4.78 is 72.0. The van der Waals surface area contributed by atoms with Crippen LogP contribution in [0.4, 0.5) is 33.3 Å². The van der Waals surface area contributed by atoms with Gasteiger partial charge >= 0.3 is 6.18 Å². The molecule has 0 aromatic heterocycles. The average Bonchev–Trinajstić information content (AvgIpc) is 2.65. The first-order chi connectivity index (χ1) is 15.6. The van der Waals surface area contributed by atoms with Gasteiger partial charge in [0.1, 0.15) is 6.61 Å². The number of hydrogen-bond acceptors (Lipinski definition) is 5. The van der Waals surface area contributed by atoms with Crippen LogP contribution >= 0.6 is 0 Å². The summed E-state index contributed by atoms with van der Waals surface area (Å²) in [5, 5.41) is 2.11. The third kappa shape index (κ3) is 7.62. The largest absolute Gasteiger partial charge is 0.401 e. The van der Waals surface area contributed by atoms with Crippen molar-refractivity contribution in [2.45, 2.75) is 39.4 Å². The van der Waals surface area contributed by atoms with E-state index in [2.05, 4.69) is 5.32 Å². The summed E-state index contributed by atoms with van der Waals surface area (Å²) in [6.45, 7) is 3.00. The molecule has 0 aliphatic carbocycles. The van der Waals surface area contributed by atoms with Crippen LogP contribution in [0.3, 0.4) is 0 Å². The zero-order valence-corrected chi connectivity index (χ0v) is 18.9. The number of halogens is 5. The molecule has 0 saturated carbocycles. The highest BCUT2D eigenvalue weighted by molar-refractivity contribution is 6.10. The highest BCUT2D eigenvalue weighted by atomic mass is 19.4. The molecule has 3 amide bonds. The first-order valence-corrected chi connectivity index (χ1v) is 10.3. The van der Waals surface area contributed by atoms with Crippen LogP contribution in [0, 0.1) is 5.41 Å². The molecule has 0 unspecified atom stereocenters. The van der Waals surface area contributed by atoms with Gasteiger partial charge < -0.3 is 20.7 Å². The Morgan fingerprint density at radius 2 is 1.85 bits per heavy atom. The number of alkyl halides is 5. The molecule has 0 bridgehead atoms. The number of primary amides is 1. The van der Waals surface area contributed by atoms with Crippen molar-refractivity contribution >= 4 is 29.1 Å². The monoisotopic (exact) mass is 494 g/mol. The number of amides is 3. The van der Waals surface area contributed by atoms with Crippen LogP contribution < -0.4 is 16.0 Å². The third-order valence-electron chi connectivity index (χ3n) is 4.77. The van der Waals surface area contributed by atoms with Crippen LogP contribution in [0.5, 0.6) is 0 Å². The molecule has 8 nitrogen and oxygen atoms in total. The Balaban J connectivity index is 2.37. The number of nitrogens with one attached hydrogen (secondary N) is 1. The maximum absolute atomic E-state index is 13.8. The minimum Gasteiger partial charge on any atom is -0.370 e. The van der Waals surface area contributed by atoms with Gasteiger partial charge in [-0.3, -0.25) is 19.3 Å². The second-order valence-corrected chi connectivity index (χ2v) is 9.05. The second-order valence-electron chi connectivity index (χ2n) is 9.05. The smallest absolute Gasteiger partial charge is 0.370 e. The second kappa shape index (κ2) is 10.6. The summed E-state index contributed by atoms with van der Waals surface area (Å²) in [6, 6.07) is 1.32. The Morgan fingerprint density at radius 1 is 1.21 bits per heavy atom. The average molecular weight is 494 g/mol. The highest BCUT2D eigenvalue weighted by Gasteiger charge is 2.41. The summed E-state index contributed by atoms with van der Waals surface area (Å²) in [5.74, 6) is -3.08. The van der Waals surface area contributed by atoms with Gasteiger partial charge in [-0.1, -0.05) is 20.8 Å². The van der Waals surface area contributed by atoms with Crippen LogP contribution in [0.25, 0.3) is 0 Å². The molecule has 1 heterocycles. The van der Waals surface area contributed by atoms with E-state index in [1.54, 1.807) is 20.8 Å². The Labute approximate surface area is 193 Å². The van der Waals surface area contributed by atoms with Crippen molar-refractivity contribution < 1.29 is 41.1 Å². The molecule has 1 aliphatic heterocycles. The van der Waals surface area contributed by atoms with E-state index in [1.807, 2.05) is 0 Å². The molecule has 1 atom stereocenters. The molecule has 0 radical (unpaired) electrons. The van der Waals surface area contributed by atoms with Gasteiger partial charge in [0.2, 0.25) is 5.91 Å². The summed E-state index contributed by atoms with van der Waals surface area (Å²) in [6.07, 6.45) is -7.85. The fraction of sp³-hybridized carbons (Fsp3) is 0.571. The molecule has 1 saturated heterocycles. The summed E-state index contributed by atoms with van der Waals surface area (Å²) >= 11 is 0. The Bertz CT molecular complexity index is 901. The number of carbonyl (C=O) groups excluding carboxylic acids is 3. The van der Waals surface area contributed by atoms with Gasteiger partial charge in [-0.25, -0.2) is 8.78 Å². The fourth-order valence-corrected chi connectivity index (χ4v) is 3.56. The Kier molecular flexibility index (Phi) is 8.59. The number of hydrogen-bond donors (Lipinski definition) is 2. The maximum atomic E-state index is 13.8. The molecule has 13 heteroatoms. The highest BCUT2D eigenvalue weighted by Crippen LogP contribution is 2.32. The quantitative estimate of drug-likeness (QED) is 0.427. The number of morpholine rings is 1. The molecule has 0 spiro atoms. The third-order valence-corrected chi connectivity index (χ3v) is 4.77.